The van der Waals surface area contributed by atoms with Gasteiger partial charge in [-0.25, -0.2) is 8.78 Å². The largest absolute Gasteiger partial charge is 0.322 e. The van der Waals surface area contributed by atoms with Crippen LogP contribution in [0.15, 0.2) is 41.3 Å². The summed E-state index contributed by atoms with van der Waals surface area (Å²) in [6.45, 7) is 0. The third-order valence-electron chi connectivity index (χ3n) is 2.54. The van der Waals surface area contributed by atoms with Gasteiger partial charge in [0.15, 0.2) is 0 Å². The maximum Gasteiger partial charge on any atom is 0.258 e. The minimum absolute atomic E-state index is 0.180. The molecule has 3 nitrogen and oxygen atoms in total. The number of carbonyl (C=O) groups is 1. The smallest absolute Gasteiger partial charge is 0.258 e. The second kappa shape index (κ2) is 5.72. The number of rotatable bonds is 2. The Labute approximate surface area is 119 Å². The average Bonchev–Trinajstić information content (AvgIpc) is 2.43. The van der Waals surface area contributed by atoms with E-state index in [1.165, 1.54) is 24.3 Å². The molecular formula is C14H8F2N2OS. The molecule has 0 fully saturated rings. The second-order valence-electron chi connectivity index (χ2n) is 3.92. The number of nitrogens with zero attached hydrogens (tertiary/aromatic N) is 1. The predicted octanol–water partition coefficient (Wildman–Crippen LogP) is 3.38. The van der Waals surface area contributed by atoms with Crippen molar-refractivity contribution in [1.82, 2.24) is 0 Å². The molecule has 0 aliphatic heterocycles. The van der Waals surface area contributed by atoms with Crippen molar-refractivity contribution >= 4 is 24.2 Å². The number of nitrogens with one attached hydrogen (secondary N) is 1. The highest BCUT2D eigenvalue weighted by Gasteiger charge is 2.13. The molecule has 0 atom stereocenters. The molecule has 100 valence electrons. The van der Waals surface area contributed by atoms with E-state index in [0.29, 0.717) is 4.90 Å². The fraction of sp³-hybridized carbons (Fsp3) is 0. The van der Waals surface area contributed by atoms with Crippen molar-refractivity contribution in [1.29, 1.82) is 5.26 Å². The number of hydrogen-bond acceptors (Lipinski definition) is 3. The van der Waals surface area contributed by atoms with Crippen LogP contribution in [0.3, 0.4) is 0 Å². The van der Waals surface area contributed by atoms with Crippen LogP contribution in [-0.4, -0.2) is 5.91 Å². The highest BCUT2D eigenvalue weighted by atomic mass is 32.1. The molecule has 2 aromatic carbocycles. The third kappa shape index (κ3) is 2.95. The zero-order chi connectivity index (χ0) is 14.7. The van der Waals surface area contributed by atoms with Gasteiger partial charge in [-0.1, -0.05) is 0 Å². The summed E-state index contributed by atoms with van der Waals surface area (Å²) in [6.07, 6.45) is 0. The Hall–Kier alpha value is -2.39. The van der Waals surface area contributed by atoms with E-state index in [4.69, 9.17) is 5.26 Å². The third-order valence-corrected chi connectivity index (χ3v) is 2.82. The van der Waals surface area contributed by atoms with Gasteiger partial charge in [-0.15, -0.1) is 12.6 Å². The number of carbonyl (C=O) groups excluding carboxylic acids is 1. The quantitative estimate of drug-likeness (QED) is 0.833. The molecule has 0 aliphatic rings. The van der Waals surface area contributed by atoms with E-state index in [1.807, 2.05) is 0 Å². The van der Waals surface area contributed by atoms with Gasteiger partial charge < -0.3 is 5.32 Å². The molecule has 0 saturated carbocycles. The van der Waals surface area contributed by atoms with E-state index in [9.17, 15) is 13.6 Å². The van der Waals surface area contributed by atoms with Crippen LogP contribution in [0.4, 0.5) is 14.5 Å². The molecule has 2 aromatic rings. The van der Waals surface area contributed by atoms with E-state index in [2.05, 4.69) is 17.9 Å². The molecule has 6 heteroatoms. The Bertz CT molecular complexity index is 726. The molecule has 0 aromatic heterocycles. The van der Waals surface area contributed by atoms with Crippen LogP contribution in [0.1, 0.15) is 15.9 Å². The molecule has 1 N–H and O–H groups in total. The van der Waals surface area contributed by atoms with Crippen LogP contribution in [0.25, 0.3) is 0 Å². The zero-order valence-corrected chi connectivity index (χ0v) is 10.9. The van der Waals surface area contributed by atoms with Gasteiger partial charge in [-0.2, -0.15) is 5.26 Å². The van der Waals surface area contributed by atoms with Crippen molar-refractivity contribution in [2.75, 3.05) is 5.32 Å². The first kappa shape index (κ1) is 14.0. The van der Waals surface area contributed by atoms with Crippen molar-refractivity contribution in [3.8, 4) is 6.07 Å². The molecule has 0 saturated heterocycles. The summed E-state index contributed by atoms with van der Waals surface area (Å²) < 4.78 is 26.7. The summed E-state index contributed by atoms with van der Waals surface area (Å²) in [5, 5.41) is 11.1. The number of benzene rings is 2. The molecule has 2 rings (SSSR count). The number of nitriles is 1. The monoisotopic (exact) mass is 290 g/mol. The molecule has 0 unspecified atom stereocenters. The standard InChI is InChI=1S/C14H8F2N2OS/c15-12-3-1-9(5-8(12)7-17)18-14(19)11-6-10(20)2-4-13(11)16/h1-6,20H,(H,18,19). The maximum absolute atomic E-state index is 13.5. The van der Waals surface area contributed by atoms with Crippen molar-refractivity contribution in [3.05, 3.63) is 59.2 Å². The molecule has 0 aliphatic carbocycles. The van der Waals surface area contributed by atoms with Gasteiger partial charge in [0.1, 0.15) is 17.7 Å². The van der Waals surface area contributed by atoms with Gasteiger partial charge in [-0.05, 0) is 36.4 Å². The first-order chi connectivity index (χ1) is 9.51. The Balaban J connectivity index is 2.28. The van der Waals surface area contributed by atoms with Gasteiger partial charge in [0.05, 0.1) is 11.1 Å². The van der Waals surface area contributed by atoms with E-state index < -0.39 is 17.5 Å². The van der Waals surface area contributed by atoms with Crippen LogP contribution in [0.5, 0.6) is 0 Å². The van der Waals surface area contributed by atoms with Gasteiger partial charge >= 0.3 is 0 Å². The predicted molar refractivity (Wildman–Crippen MR) is 72.7 cm³/mol. The lowest BCUT2D eigenvalue weighted by Gasteiger charge is -2.07. The van der Waals surface area contributed by atoms with Crippen LogP contribution >= 0.6 is 12.6 Å². The SMILES string of the molecule is N#Cc1cc(NC(=O)c2cc(S)ccc2F)ccc1F. The van der Waals surface area contributed by atoms with Gasteiger partial charge in [0.2, 0.25) is 0 Å². The van der Waals surface area contributed by atoms with Crippen molar-refractivity contribution in [3.63, 3.8) is 0 Å². The summed E-state index contributed by atoms with van der Waals surface area (Å²) in [5.74, 6) is -2.08. The lowest BCUT2D eigenvalue weighted by Crippen LogP contribution is -2.14. The maximum atomic E-state index is 13.5. The van der Waals surface area contributed by atoms with Gasteiger partial charge in [-0.3, -0.25) is 4.79 Å². The van der Waals surface area contributed by atoms with Crippen molar-refractivity contribution in [2.24, 2.45) is 0 Å². The number of amides is 1. The molecular weight excluding hydrogens is 282 g/mol. The number of halogens is 2. The topological polar surface area (TPSA) is 52.9 Å². The summed E-state index contributed by atoms with van der Waals surface area (Å²) in [5.41, 5.74) is -0.177. The highest BCUT2D eigenvalue weighted by molar-refractivity contribution is 7.80. The normalized spacial score (nSPS) is 9.90. The van der Waals surface area contributed by atoms with Crippen LogP contribution in [-0.2, 0) is 0 Å². The van der Waals surface area contributed by atoms with Crippen LogP contribution in [0, 0.1) is 23.0 Å². The summed E-state index contributed by atoms with van der Waals surface area (Å²) in [7, 11) is 0. The molecule has 20 heavy (non-hydrogen) atoms. The molecule has 0 bridgehead atoms. The fourth-order valence-corrected chi connectivity index (χ4v) is 1.78. The van der Waals surface area contributed by atoms with Gasteiger partial charge in [0, 0.05) is 10.6 Å². The molecule has 0 spiro atoms. The lowest BCUT2D eigenvalue weighted by atomic mass is 10.1. The minimum Gasteiger partial charge on any atom is -0.322 e. The van der Waals surface area contributed by atoms with Crippen molar-refractivity contribution < 1.29 is 13.6 Å². The summed E-state index contributed by atoms with van der Waals surface area (Å²) in [4.78, 5) is 12.3. The highest BCUT2D eigenvalue weighted by Crippen LogP contribution is 2.18. The van der Waals surface area contributed by atoms with E-state index in [1.54, 1.807) is 6.07 Å². The minimum atomic E-state index is -0.700. The van der Waals surface area contributed by atoms with Gasteiger partial charge in [0.25, 0.3) is 5.91 Å². The second-order valence-corrected chi connectivity index (χ2v) is 4.44. The Morgan fingerprint density at radius 1 is 1.15 bits per heavy atom. The fourth-order valence-electron chi connectivity index (χ4n) is 1.57. The average molecular weight is 290 g/mol. The van der Waals surface area contributed by atoms with Crippen LogP contribution in [0.2, 0.25) is 0 Å². The first-order valence-electron chi connectivity index (χ1n) is 5.51. The molecule has 0 radical (unpaired) electrons. The van der Waals surface area contributed by atoms with Crippen molar-refractivity contribution in [2.45, 2.75) is 4.90 Å². The number of hydrogen-bond donors (Lipinski definition) is 2. The van der Waals surface area contributed by atoms with Crippen LogP contribution < -0.4 is 5.32 Å². The summed E-state index contributed by atoms with van der Waals surface area (Å²) >= 11 is 4.03. The molecule has 1 amide bonds. The number of thiol groups is 1. The molecule has 0 heterocycles. The van der Waals surface area contributed by atoms with E-state index >= 15 is 0 Å². The van der Waals surface area contributed by atoms with E-state index in [-0.39, 0.29) is 16.8 Å². The summed E-state index contributed by atoms with van der Waals surface area (Å²) in [6, 6.07) is 9.00. The van der Waals surface area contributed by atoms with E-state index in [0.717, 1.165) is 12.1 Å². The Morgan fingerprint density at radius 2 is 1.85 bits per heavy atom. The lowest BCUT2D eigenvalue weighted by molar-refractivity contribution is 0.102. The number of anilines is 1. The first-order valence-corrected chi connectivity index (χ1v) is 5.95. The zero-order valence-electron chi connectivity index (χ0n) is 10.0. The Kier molecular flexibility index (Phi) is 4.01. The Morgan fingerprint density at radius 3 is 2.55 bits per heavy atom.